The van der Waals surface area contributed by atoms with Gasteiger partial charge < -0.3 is 9.47 Å². The van der Waals surface area contributed by atoms with Crippen LogP contribution < -0.4 is 20.3 Å². The van der Waals surface area contributed by atoms with Gasteiger partial charge in [-0.25, -0.2) is 0 Å². The number of carbonyl (C=O) groups excluding carboxylic acids is 2. The third kappa shape index (κ3) is 5.59. The minimum Gasteiger partial charge on any atom is -0.490 e. The van der Waals surface area contributed by atoms with E-state index in [4.69, 9.17) is 9.47 Å². The Bertz CT molecular complexity index is 973. The van der Waals surface area contributed by atoms with E-state index in [2.05, 4.69) is 10.9 Å². The van der Waals surface area contributed by atoms with Gasteiger partial charge in [0.05, 0.1) is 5.56 Å². The fourth-order valence-electron chi connectivity index (χ4n) is 2.68. The van der Waals surface area contributed by atoms with Crippen molar-refractivity contribution in [2.24, 2.45) is 0 Å². The van der Waals surface area contributed by atoms with E-state index in [-0.39, 0.29) is 12.5 Å². The van der Waals surface area contributed by atoms with E-state index in [1.54, 1.807) is 36.4 Å². The fraction of sp³-hybridized carbons (Fsp3) is 0.130. The second kappa shape index (κ2) is 9.94. The van der Waals surface area contributed by atoms with Gasteiger partial charge >= 0.3 is 0 Å². The first-order chi connectivity index (χ1) is 14.1. The van der Waals surface area contributed by atoms with Crippen LogP contribution in [0.15, 0.2) is 78.9 Å². The number of nitrogens with one attached hydrogen (secondary N) is 2. The highest BCUT2D eigenvalue weighted by atomic mass is 16.5. The molecule has 0 aliphatic carbocycles. The minimum atomic E-state index is -0.466. The molecule has 6 heteroatoms. The van der Waals surface area contributed by atoms with Gasteiger partial charge in [0.25, 0.3) is 11.8 Å². The first-order valence-electron chi connectivity index (χ1n) is 9.21. The van der Waals surface area contributed by atoms with E-state index in [0.29, 0.717) is 23.5 Å². The number of para-hydroxylation sites is 2. The fourth-order valence-corrected chi connectivity index (χ4v) is 2.68. The third-order valence-electron chi connectivity index (χ3n) is 4.16. The average Bonchev–Trinajstić information content (AvgIpc) is 2.76. The largest absolute Gasteiger partial charge is 0.490 e. The SMILES string of the molecule is Cc1ccccc1C(=O)NNC(=O)c1ccccc1OCCOc1ccccc1. The lowest BCUT2D eigenvalue weighted by Gasteiger charge is -2.13. The summed E-state index contributed by atoms with van der Waals surface area (Å²) in [5.74, 6) is 0.311. The Morgan fingerprint density at radius 1 is 0.690 bits per heavy atom. The van der Waals surface area contributed by atoms with Crippen molar-refractivity contribution in [1.29, 1.82) is 0 Å². The van der Waals surface area contributed by atoms with Crippen LogP contribution in [-0.2, 0) is 0 Å². The molecule has 0 aromatic heterocycles. The molecule has 29 heavy (non-hydrogen) atoms. The van der Waals surface area contributed by atoms with Crippen LogP contribution in [0, 0.1) is 6.92 Å². The number of hydrazine groups is 1. The van der Waals surface area contributed by atoms with Crippen molar-refractivity contribution < 1.29 is 19.1 Å². The Hall–Kier alpha value is -3.80. The zero-order chi connectivity index (χ0) is 20.5. The van der Waals surface area contributed by atoms with Crippen LogP contribution in [0.1, 0.15) is 26.3 Å². The molecule has 6 nitrogen and oxygen atoms in total. The summed E-state index contributed by atoms with van der Waals surface area (Å²) < 4.78 is 11.3. The molecule has 3 aromatic rings. The zero-order valence-corrected chi connectivity index (χ0v) is 16.1. The predicted octanol–water partition coefficient (Wildman–Crippen LogP) is 3.53. The van der Waals surface area contributed by atoms with E-state index in [9.17, 15) is 9.59 Å². The maximum Gasteiger partial charge on any atom is 0.273 e. The molecule has 0 aliphatic heterocycles. The van der Waals surface area contributed by atoms with Crippen molar-refractivity contribution in [2.45, 2.75) is 6.92 Å². The maximum atomic E-state index is 12.5. The van der Waals surface area contributed by atoms with Gasteiger partial charge in [-0.05, 0) is 42.8 Å². The van der Waals surface area contributed by atoms with Gasteiger partial charge in [0.2, 0.25) is 0 Å². The first-order valence-corrected chi connectivity index (χ1v) is 9.21. The van der Waals surface area contributed by atoms with Crippen molar-refractivity contribution in [1.82, 2.24) is 10.9 Å². The number of ether oxygens (including phenoxy) is 2. The molecule has 0 atom stereocenters. The smallest absolute Gasteiger partial charge is 0.273 e. The topological polar surface area (TPSA) is 76.7 Å². The van der Waals surface area contributed by atoms with Gasteiger partial charge in [-0.2, -0.15) is 0 Å². The molecule has 0 saturated heterocycles. The molecule has 0 spiro atoms. The Kier molecular flexibility index (Phi) is 6.84. The number of benzene rings is 3. The first kappa shape index (κ1) is 19.9. The summed E-state index contributed by atoms with van der Waals surface area (Å²) in [6, 6.07) is 23.4. The molecule has 0 aliphatic rings. The van der Waals surface area contributed by atoms with Gasteiger partial charge in [0.1, 0.15) is 24.7 Å². The molecule has 0 radical (unpaired) electrons. The summed E-state index contributed by atoms with van der Waals surface area (Å²) in [6.45, 7) is 2.44. The van der Waals surface area contributed by atoms with Gasteiger partial charge in [0.15, 0.2) is 0 Å². The highest BCUT2D eigenvalue weighted by Gasteiger charge is 2.14. The van der Waals surface area contributed by atoms with Crippen LogP contribution in [0.4, 0.5) is 0 Å². The van der Waals surface area contributed by atoms with Crippen LogP contribution in [0.2, 0.25) is 0 Å². The monoisotopic (exact) mass is 390 g/mol. The quantitative estimate of drug-likeness (QED) is 0.478. The zero-order valence-electron chi connectivity index (χ0n) is 16.1. The Labute approximate surface area is 169 Å². The van der Waals surface area contributed by atoms with Gasteiger partial charge in [-0.3, -0.25) is 20.4 Å². The molecular weight excluding hydrogens is 368 g/mol. The van der Waals surface area contributed by atoms with E-state index in [0.717, 1.165) is 11.3 Å². The van der Waals surface area contributed by atoms with Gasteiger partial charge in [0, 0.05) is 5.56 Å². The van der Waals surface area contributed by atoms with Crippen LogP contribution in [0.3, 0.4) is 0 Å². The van der Waals surface area contributed by atoms with Crippen molar-refractivity contribution in [3.8, 4) is 11.5 Å². The summed E-state index contributed by atoms with van der Waals surface area (Å²) in [5, 5.41) is 0. The van der Waals surface area contributed by atoms with E-state index >= 15 is 0 Å². The van der Waals surface area contributed by atoms with E-state index in [1.807, 2.05) is 49.4 Å². The normalized spacial score (nSPS) is 10.1. The second-order valence-corrected chi connectivity index (χ2v) is 6.23. The molecule has 2 amide bonds. The molecule has 0 heterocycles. The van der Waals surface area contributed by atoms with Gasteiger partial charge in [-0.1, -0.05) is 48.5 Å². The van der Waals surface area contributed by atoms with Crippen molar-refractivity contribution in [3.05, 3.63) is 95.6 Å². The summed E-state index contributed by atoms with van der Waals surface area (Å²) in [4.78, 5) is 24.8. The summed E-state index contributed by atoms with van der Waals surface area (Å²) in [7, 11) is 0. The molecule has 0 fully saturated rings. The predicted molar refractivity (Wildman–Crippen MR) is 110 cm³/mol. The third-order valence-corrected chi connectivity index (χ3v) is 4.16. The molecule has 148 valence electrons. The van der Waals surface area contributed by atoms with Crippen LogP contribution in [-0.4, -0.2) is 25.0 Å². The highest BCUT2D eigenvalue weighted by molar-refractivity contribution is 6.00. The van der Waals surface area contributed by atoms with Crippen molar-refractivity contribution in [2.75, 3.05) is 13.2 Å². The summed E-state index contributed by atoms with van der Waals surface area (Å²) >= 11 is 0. The molecule has 2 N–H and O–H groups in total. The molecule has 0 unspecified atom stereocenters. The summed E-state index contributed by atoms with van der Waals surface area (Å²) in [6.07, 6.45) is 0. The Morgan fingerprint density at radius 3 is 1.97 bits per heavy atom. The molecule has 3 rings (SSSR count). The highest BCUT2D eigenvalue weighted by Crippen LogP contribution is 2.18. The van der Waals surface area contributed by atoms with Gasteiger partial charge in [-0.15, -0.1) is 0 Å². The van der Waals surface area contributed by atoms with E-state index < -0.39 is 5.91 Å². The average molecular weight is 390 g/mol. The lowest BCUT2D eigenvalue weighted by atomic mass is 10.1. The molecule has 3 aromatic carbocycles. The number of aryl methyl sites for hydroxylation is 1. The van der Waals surface area contributed by atoms with E-state index in [1.165, 1.54) is 0 Å². The molecule has 0 saturated carbocycles. The standard InChI is InChI=1S/C23H22N2O4/c1-17-9-5-6-12-19(17)22(26)24-25-23(27)20-13-7-8-14-21(20)29-16-15-28-18-10-3-2-4-11-18/h2-14H,15-16H2,1H3,(H,24,26)(H,25,27). The second-order valence-electron chi connectivity index (χ2n) is 6.23. The van der Waals surface area contributed by atoms with Crippen molar-refractivity contribution >= 4 is 11.8 Å². The number of rotatable bonds is 7. The van der Waals surface area contributed by atoms with Crippen LogP contribution in [0.5, 0.6) is 11.5 Å². The lowest BCUT2D eigenvalue weighted by Crippen LogP contribution is -2.42. The molecule has 0 bridgehead atoms. The maximum absolute atomic E-state index is 12.5. The number of hydrogen-bond donors (Lipinski definition) is 2. The molecular formula is C23H22N2O4. The van der Waals surface area contributed by atoms with Crippen LogP contribution >= 0.6 is 0 Å². The Balaban J connectivity index is 1.54. The Morgan fingerprint density at radius 2 is 1.24 bits per heavy atom. The number of amides is 2. The van der Waals surface area contributed by atoms with Crippen molar-refractivity contribution in [3.63, 3.8) is 0 Å². The number of hydrogen-bond acceptors (Lipinski definition) is 4. The minimum absolute atomic E-state index is 0.273. The van der Waals surface area contributed by atoms with Crippen LogP contribution in [0.25, 0.3) is 0 Å². The number of carbonyl (C=O) groups is 2. The summed E-state index contributed by atoms with van der Waals surface area (Å²) in [5.41, 5.74) is 6.50. The lowest BCUT2D eigenvalue weighted by molar-refractivity contribution is 0.0843.